The van der Waals surface area contributed by atoms with Crippen LogP contribution in [0.4, 0.5) is 4.79 Å². The fourth-order valence-electron chi connectivity index (χ4n) is 2.35. The Labute approximate surface area is 139 Å². The van der Waals surface area contributed by atoms with Gasteiger partial charge in [0.1, 0.15) is 12.7 Å². The van der Waals surface area contributed by atoms with Crippen molar-refractivity contribution in [2.24, 2.45) is 0 Å². The van der Waals surface area contributed by atoms with E-state index in [1.54, 1.807) is 0 Å². The largest absolute Gasteiger partial charge is 0.462 e. The van der Waals surface area contributed by atoms with Crippen LogP contribution in [0.15, 0.2) is 30.3 Å². The number of ether oxygens (including phenoxy) is 1. The van der Waals surface area contributed by atoms with E-state index in [0.717, 1.165) is 37.8 Å². The summed E-state index contributed by atoms with van der Waals surface area (Å²) in [6, 6.07) is 10.1. The minimum atomic E-state index is -0.180. The Morgan fingerprint density at radius 3 is 2.65 bits per heavy atom. The van der Waals surface area contributed by atoms with Gasteiger partial charge in [0, 0.05) is 19.0 Å². The van der Waals surface area contributed by atoms with Crippen LogP contribution in [0, 0.1) is 12.0 Å². The summed E-state index contributed by atoms with van der Waals surface area (Å²) in [5.74, 6) is 2.50. The van der Waals surface area contributed by atoms with Gasteiger partial charge in [-0.1, -0.05) is 43.2 Å². The number of hydrogen-bond acceptors (Lipinski definition) is 3. The zero-order valence-electron chi connectivity index (χ0n) is 14.1. The molecule has 0 saturated carbocycles. The molecule has 1 aliphatic heterocycles. The molecule has 1 unspecified atom stereocenters. The van der Waals surface area contributed by atoms with Crippen LogP contribution in [0.2, 0.25) is 0 Å². The smallest absolute Gasteiger partial charge is 0.410 e. The highest BCUT2D eigenvalue weighted by Crippen LogP contribution is 2.17. The highest BCUT2D eigenvalue weighted by Gasteiger charge is 2.24. The number of amides is 1. The predicted molar refractivity (Wildman–Crippen MR) is 91.3 cm³/mol. The van der Waals surface area contributed by atoms with Crippen LogP contribution in [0.25, 0.3) is 0 Å². The maximum absolute atomic E-state index is 11.9. The highest BCUT2D eigenvalue weighted by atomic mass is 16.6. The van der Waals surface area contributed by atoms with E-state index in [1.165, 1.54) is 6.42 Å². The fraction of sp³-hybridized carbons (Fsp3) is 0.526. The second-order valence-corrected chi connectivity index (χ2v) is 5.62. The van der Waals surface area contributed by atoms with Gasteiger partial charge in [0.05, 0.1) is 0 Å². The first kappa shape index (κ1) is 18.9. The summed E-state index contributed by atoms with van der Waals surface area (Å²) in [5.41, 5.74) is 1.03. The van der Waals surface area contributed by atoms with E-state index in [1.807, 2.05) is 48.3 Å². The van der Waals surface area contributed by atoms with Gasteiger partial charge in [-0.05, 0) is 38.2 Å². The van der Waals surface area contributed by atoms with E-state index in [9.17, 15) is 4.79 Å². The minimum Gasteiger partial charge on any atom is -0.462 e. The summed E-state index contributed by atoms with van der Waals surface area (Å²) in [4.78, 5) is 13.7. The Balaban J connectivity index is 0.000000379. The number of nitrogens with zero attached hydrogens (tertiary/aromatic N) is 1. The molecule has 1 atom stereocenters. The molecule has 1 N–H and O–H groups in total. The molecule has 1 aliphatic rings. The summed E-state index contributed by atoms with van der Waals surface area (Å²) < 4.78 is 5.32. The number of unbranched alkanes of at least 4 members (excludes halogenated alkanes) is 1. The van der Waals surface area contributed by atoms with Crippen LogP contribution >= 0.6 is 0 Å². The third-order valence-corrected chi connectivity index (χ3v) is 3.70. The van der Waals surface area contributed by atoms with Gasteiger partial charge >= 0.3 is 6.09 Å². The van der Waals surface area contributed by atoms with Crippen LogP contribution in [0.3, 0.4) is 0 Å². The second kappa shape index (κ2) is 11.4. The van der Waals surface area contributed by atoms with E-state index in [0.29, 0.717) is 12.6 Å². The van der Waals surface area contributed by atoms with Crippen molar-refractivity contribution in [2.75, 3.05) is 6.54 Å². The van der Waals surface area contributed by atoms with Gasteiger partial charge in [0.15, 0.2) is 0 Å². The first-order chi connectivity index (χ1) is 11.2. The van der Waals surface area contributed by atoms with E-state index in [-0.39, 0.29) is 6.09 Å². The van der Waals surface area contributed by atoms with Crippen LogP contribution in [0.1, 0.15) is 51.5 Å². The lowest BCUT2D eigenvalue weighted by atomic mass is 10.0. The van der Waals surface area contributed by atoms with E-state index in [4.69, 9.17) is 9.84 Å². The van der Waals surface area contributed by atoms with Crippen molar-refractivity contribution in [3.05, 3.63) is 35.9 Å². The van der Waals surface area contributed by atoms with E-state index in [2.05, 4.69) is 12.8 Å². The van der Waals surface area contributed by atoms with Gasteiger partial charge in [-0.25, -0.2) is 4.79 Å². The molecule has 4 heteroatoms. The van der Waals surface area contributed by atoms with Crippen molar-refractivity contribution in [1.29, 1.82) is 0 Å². The first-order valence-corrected chi connectivity index (χ1v) is 8.28. The molecule has 0 bridgehead atoms. The number of hydrogen-bond donors (Lipinski definition) is 1. The Kier molecular flexibility index (Phi) is 9.38. The van der Waals surface area contributed by atoms with Crippen LogP contribution in [0.5, 0.6) is 0 Å². The van der Waals surface area contributed by atoms with Gasteiger partial charge < -0.3 is 14.7 Å². The van der Waals surface area contributed by atoms with Gasteiger partial charge in [-0.3, -0.25) is 0 Å². The molecule has 126 valence electrons. The minimum absolute atomic E-state index is 0.180. The van der Waals surface area contributed by atoms with Gasteiger partial charge in [-0.15, -0.1) is 0 Å². The summed E-state index contributed by atoms with van der Waals surface area (Å²) in [7, 11) is 0. The van der Waals surface area contributed by atoms with E-state index < -0.39 is 0 Å². The number of carbonyl (C=O) groups excluding carboxylic acids is 1. The fourth-order valence-corrected chi connectivity index (χ4v) is 2.35. The number of benzene rings is 1. The van der Waals surface area contributed by atoms with Crippen molar-refractivity contribution in [3.63, 3.8) is 0 Å². The average molecular weight is 317 g/mol. The van der Waals surface area contributed by atoms with Crippen molar-refractivity contribution in [3.8, 4) is 12.0 Å². The number of likely N-dealkylation sites (tertiary alicyclic amines) is 1. The topological polar surface area (TPSA) is 49.8 Å². The van der Waals surface area contributed by atoms with Crippen molar-refractivity contribution in [2.45, 2.75) is 58.6 Å². The molecule has 1 aromatic rings. The summed E-state index contributed by atoms with van der Waals surface area (Å²) in [6.45, 7) is 5.30. The van der Waals surface area contributed by atoms with Crippen LogP contribution in [-0.2, 0) is 11.3 Å². The summed E-state index contributed by atoms with van der Waals surface area (Å²) >= 11 is 0. The van der Waals surface area contributed by atoms with Crippen LogP contribution < -0.4 is 0 Å². The number of aliphatic hydroxyl groups is 1. The normalized spacial score (nSPS) is 16.4. The summed E-state index contributed by atoms with van der Waals surface area (Å²) in [5, 5.41) is 7.84. The molecule has 0 aliphatic carbocycles. The molecule has 0 aromatic heterocycles. The van der Waals surface area contributed by atoms with Crippen molar-refractivity contribution in [1.82, 2.24) is 4.90 Å². The molecule has 1 saturated heterocycles. The maximum atomic E-state index is 11.9. The lowest BCUT2D eigenvalue weighted by Gasteiger charge is -2.32. The molecule has 23 heavy (non-hydrogen) atoms. The van der Waals surface area contributed by atoms with Crippen molar-refractivity contribution >= 4 is 6.09 Å². The Morgan fingerprint density at radius 2 is 2.09 bits per heavy atom. The number of aliphatic hydroxyl groups excluding tert-OH is 1. The molecular weight excluding hydrogens is 290 g/mol. The SMILES string of the molecule is CC1CCCCN1C(=O)OCc1ccccc1.CCCC#CO. The first-order valence-electron chi connectivity index (χ1n) is 8.28. The molecule has 1 fully saturated rings. The lowest BCUT2D eigenvalue weighted by Crippen LogP contribution is -2.42. The summed E-state index contributed by atoms with van der Waals surface area (Å²) in [6.07, 6.45) is 6.85. The predicted octanol–water partition coefficient (Wildman–Crippen LogP) is 4.32. The zero-order chi connectivity index (χ0) is 16.9. The molecule has 1 amide bonds. The lowest BCUT2D eigenvalue weighted by molar-refractivity contribution is 0.0722. The molecule has 4 nitrogen and oxygen atoms in total. The Bertz CT molecular complexity index is 504. The molecular formula is C19H27NO3. The Morgan fingerprint density at radius 1 is 1.35 bits per heavy atom. The standard InChI is InChI=1S/C14H19NO2.C5H8O/c1-12-7-5-6-10-15(12)14(16)17-11-13-8-3-2-4-9-13;1-2-3-4-5-6/h2-4,8-9,12H,5-7,10-11H2,1H3;6H,2-3H2,1H3. The molecule has 2 rings (SSSR count). The quantitative estimate of drug-likeness (QED) is 0.845. The zero-order valence-corrected chi connectivity index (χ0v) is 14.1. The number of rotatable bonds is 3. The highest BCUT2D eigenvalue weighted by molar-refractivity contribution is 5.68. The van der Waals surface area contributed by atoms with Gasteiger partial charge in [0.2, 0.25) is 0 Å². The molecule has 0 spiro atoms. The van der Waals surface area contributed by atoms with Gasteiger partial charge in [-0.2, -0.15) is 0 Å². The van der Waals surface area contributed by atoms with Crippen LogP contribution in [-0.4, -0.2) is 28.7 Å². The Hall–Kier alpha value is -2.15. The molecule has 1 heterocycles. The molecule has 1 aromatic carbocycles. The van der Waals surface area contributed by atoms with Crippen molar-refractivity contribution < 1.29 is 14.6 Å². The molecule has 0 radical (unpaired) electrons. The second-order valence-electron chi connectivity index (χ2n) is 5.62. The monoisotopic (exact) mass is 317 g/mol. The van der Waals surface area contributed by atoms with E-state index >= 15 is 0 Å². The third-order valence-electron chi connectivity index (χ3n) is 3.70. The number of carbonyl (C=O) groups is 1. The van der Waals surface area contributed by atoms with Gasteiger partial charge in [0.25, 0.3) is 0 Å². The number of piperidine rings is 1. The third kappa shape index (κ3) is 7.60. The maximum Gasteiger partial charge on any atom is 0.410 e. The average Bonchev–Trinajstić information content (AvgIpc) is 2.60.